The largest absolute Gasteiger partial charge is 0.416 e. The van der Waals surface area contributed by atoms with Crippen LogP contribution in [0, 0.1) is 0 Å². The van der Waals surface area contributed by atoms with Gasteiger partial charge in [0.25, 0.3) is 0 Å². The molecule has 0 spiro atoms. The van der Waals surface area contributed by atoms with Crippen LogP contribution in [-0.4, -0.2) is 31.1 Å². The van der Waals surface area contributed by atoms with E-state index in [1.807, 2.05) is 0 Å². The van der Waals surface area contributed by atoms with Gasteiger partial charge in [-0.05, 0) is 23.8 Å². The van der Waals surface area contributed by atoms with Crippen molar-refractivity contribution < 1.29 is 13.2 Å². The fourth-order valence-corrected chi connectivity index (χ4v) is 2.91. The molecule has 0 unspecified atom stereocenters. The van der Waals surface area contributed by atoms with Crippen molar-refractivity contribution in [2.45, 2.75) is 12.2 Å². The summed E-state index contributed by atoms with van der Waals surface area (Å²) in [5.41, 5.74) is -0.0209. The maximum atomic E-state index is 12.9. The molecule has 1 aromatic carbocycles. The molecule has 0 radical (unpaired) electrons. The van der Waals surface area contributed by atoms with Crippen LogP contribution >= 0.6 is 40.7 Å². The summed E-state index contributed by atoms with van der Waals surface area (Å²) in [5.74, 6) is 0. The number of halogens is 6. The standard InChI is InChI=1S/C14H16BrF3N2.2ClH/c1-2-13(20-5-3-19-4-6-20)10-7-11(14(16,17)18)9-12(15)8-10;;/h2,7-9,13,19H,1,3-6H2;2*1H/t13-;;/m1../s1. The van der Waals surface area contributed by atoms with Crippen LogP contribution in [0.3, 0.4) is 0 Å². The van der Waals surface area contributed by atoms with E-state index in [1.54, 1.807) is 12.1 Å². The second-order valence-electron chi connectivity index (χ2n) is 4.74. The molecule has 1 aliphatic rings. The lowest BCUT2D eigenvalue weighted by Crippen LogP contribution is -2.44. The van der Waals surface area contributed by atoms with E-state index in [0.717, 1.165) is 32.2 Å². The number of hydrogen-bond donors (Lipinski definition) is 1. The smallest absolute Gasteiger partial charge is 0.314 e. The van der Waals surface area contributed by atoms with Gasteiger partial charge in [0.1, 0.15) is 0 Å². The average molecular weight is 422 g/mol. The van der Waals surface area contributed by atoms with Gasteiger partial charge in [0, 0.05) is 30.7 Å². The van der Waals surface area contributed by atoms with Crippen LogP contribution in [0.2, 0.25) is 0 Å². The van der Waals surface area contributed by atoms with Crippen molar-refractivity contribution in [1.29, 1.82) is 0 Å². The number of nitrogens with one attached hydrogen (secondary N) is 1. The SMILES string of the molecule is C=C[C@H](c1cc(Br)cc(C(F)(F)F)c1)N1CCNCC1.Cl.Cl. The topological polar surface area (TPSA) is 15.3 Å². The molecule has 0 amide bonds. The van der Waals surface area contributed by atoms with E-state index in [-0.39, 0.29) is 30.9 Å². The Bertz CT molecular complexity index is 491. The van der Waals surface area contributed by atoms with Gasteiger partial charge in [-0.3, -0.25) is 4.90 Å². The summed E-state index contributed by atoms with van der Waals surface area (Å²) in [7, 11) is 0. The summed E-state index contributed by atoms with van der Waals surface area (Å²) in [6.45, 7) is 7.04. The zero-order valence-corrected chi connectivity index (χ0v) is 14.9. The van der Waals surface area contributed by atoms with Crippen molar-refractivity contribution in [3.05, 3.63) is 46.5 Å². The Morgan fingerprint density at radius 1 is 1.18 bits per heavy atom. The molecule has 126 valence electrons. The maximum Gasteiger partial charge on any atom is 0.416 e. The second-order valence-corrected chi connectivity index (χ2v) is 5.65. The third kappa shape index (κ3) is 5.42. The molecular weight excluding hydrogens is 404 g/mol. The summed E-state index contributed by atoms with van der Waals surface area (Å²) in [4.78, 5) is 2.13. The third-order valence-electron chi connectivity index (χ3n) is 3.36. The van der Waals surface area contributed by atoms with E-state index in [0.29, 0.717) is 10.0 Å². The van der Waals surface area contributed by atoms with Gasteiger partial charge < -0.3 is 5.32 Å². The Kier molecular flexibility index (Phi) is 9.02. The quantitative estimate of drug-likeness (QED) is 0.725. The van der Waals surface area contributed by atoms with Crippen molar-refractivity contribution in [3.63, 3.8) is 0 Å². The van der Waals surface area contributed by atoms with Crippen molar-refractivity contribution in [2.24, 2.45) is 0 Å². The van der Waals surface area contributed by atoms with E-state index >= 15 is 0 Å². The van der Waals surface area contributed by atoms with Crippen LogP contribution in [0.1, 0.15) is 17.2 Å². The van der Waals surface area contributed by atoms with E-state index in [4.69, 9.17) is 0 Å². The molecular formula is C14H18BrCl2F3N2. The van der Waals surface area contributed by atoms with Crippen LogP contribution in [0.5, 0.6) is 0 Å². The van der Waals surface area contributed by atoms with Gasteiger partial charge in [-0.25, -0.2) is 0 Å². The number of benzene rings is 1. The van der Waals surface area contributed by atoms with E-state index < -0.39 is 11.7 Å². The fraction of sp³-hybridized carbons (Fsp3) is 0.429. The lowest BCUT2D eigenvalue weighted by Gasteiger charge is -2.33. The maximum absolute atomic E-state index is 12.9. The molecule has 0 bridgehead atoms. The van der Waals surface area contributed by atoms with E-state index in [2.05, 4.69) is 32.7 Å². The van der Waals surface area contributed by atoms with Crippen molar-refractivity contribution in [1.82, 2.24) is 10.2 Å². The minimum absolute atomic E-state index is 0. The highest BCUT2D eigenvalue weighted by Crippen LogP contribution is 2.34. The molecule has 1 aromatic rings. The van der Waals surface area contributed by atoms with Crippen molar-refractivity contribution >= 4 is 40.7 Å². The Hall–Kier alpha value is -0.270. The molecule has 1 aliphatic heterocycles. The Morgan fingerprint density at radius 2 is 1.77 bits per heavy atom. The van der Waals surface area contributed by atoms with Crippen LogP contribution in [-0.2, 0) is 6.18 Å². The summed E-state index contributed by atoms with van der Waals surface area (Å²) in [5, 5.41) is 3.23. The van der Waals surface area contributed by atoms with Crippen molar-refractivity contribution in [3.8, 4) is 0 Å². The molecule has 22 heavy (non-hydrogen) atoms. The predicted octanol–water partition coefficient (Wildman–Crippen LogP) is 4.44. The first-order valence-corrected chi connectivity index (χ1v) is 7.16. The molecule has 2 rings (SSSR count). The first-order chi connectivity index (χ1) is 9.41. The van der Waals surface area contributed by atoms with Gasteiger partial charge in [-0.2, -0.15) is 13.2 Å². The predicted molar refractivity (Wildman–Crippen MR) is 91.0 cm³/mol. The Morgan fingerprint density at radius 3 is 2.27 bits per heavy atom. The highest BCUT2D eigenvalue weighted by atomic mass is 79.9. The molecule has 0 aliphatic carbocycles. The molecule has 1 saturated heterocycles. The molecule has 0 aromatic heterocycles. The molecule has 1 N–H and O–H groups in total. The second kappa shape index (κ2) is 9.13. The number of alkyl halides is 3. The number of hydrogen-bond acceptors (Lipinski definition) is 2. The van der Waals surface area contributed by atoms with Crippen LogP contribution in [0.4, 0.5) is 13.2 Å². The van der Waals surface area contributed by atoms with Crippen molar-refractivity contribution in [2.75, 3.05) is 26.2 Å². The van der Waals surface area contributed by atoms with Gasteiger partial charge in [0.2, 0.25) is 0 Å². The number of nitrogens with zero attached hydrogens (tertiary/aromatic N) is 1. The van der Waals surface area contributed by atoms with Gasteiger partial charge in [0.05, 0.1) is 11.6 Å². The van der Waals surface area contributed by atoms with E-state index in [9.17, 15) is 13.2 Å². The normalized spacial score (nSPS) is 17.1. The average Bonchev–Trinajstić information content (AvgIpc) is 2.39. The van der Waals surface area contributed by atoms with E-state index in [1.165, 1.54) is 6.07 Å². The minimum atomic E-state index is -4.34. The Balaban J connectivity index is 0.00000220. The Labute approximate surface area is 149 Å². The fourth-order valence-electron chi connectivity index (χ4n) is 2.40. The van der Waals surface area contributed by atoms with Crippen LogP contribution in [0.25, 0.3) is 0 Å². The minimum Gasteiger partial charge on any atom is -0.314 e. The van der Waals surface area contributed by atoms with Gasteiger partial charge >= 0.3 is 6.18 Å². The molecule has 8 heteroatoms. The number of rotatable bonds is 3. The van der Waals surface area contributed by atoms with Crippen LogP contribution in [0.15, 0.2) is 35.3 Å². The first kappa shape index (κ1) is 21.7. The lowest BCUT2D eigenvalue weighted by atomic mass is 10.0. The zero-order valence-electron chi connectivity index (χ0n) is 11.7. The third-order valence-corrected chi connectivity index (χ3v) is 3.82. The van der Waals surface area contributed by atoms with Gasteiger partial charge in [0.15, 0.2) is 0 Å². The molecule has 1 heterocycles. The molecule has 0 saturated carbocycles. The summed E-state index contributed by atoms with van der Waals surface area (Å²) < 4.78 is 39.1. The van der Waals surface area contributed by atoms with Gasteiger partial charge in [-0.1, -0.05) is 22.0 Å². The molecule has 1 atom stereocenters. The highest BCUT2D eigenvalue weighted by Gasteiger charge is 2.32. The summed E-state index contributed by atoms with van der Waals surface area (Å²) in [6.07, 6.45) is -2.64. The number of piperazine rings is 1. The van der Waals surface area contributed by atoms with Gasteiger partial charge in [-0.15, -0.1) is 31.4 Å². The zero-order chi connectivity index (χ0) is 14.8. The monoisotopic (exact) mass is 420 g/mol. The molecule has 2 nitrogen and oxygen atoms in total. The first-order valence-electron chi connectivity index (χ1n) is 6.37. The lowest BCUT2D eigenvalue weighted by molar-refractivity contribution is -0.137. The summed E-state index contributed by atoms with van der Waals surface area (Å²) in [6, 6.07) is 3.83. The summed E-state index contributed by atoms with van der Waals surface area (Å²) >= 11 is 3.16. The highest BCUT2D eigenvalue weighted by molar-refractivity contribution is 9.10. The van der Waals surface area contributed by atoms with Crippen LogP contribution < -0.4 is 5.32 Å². The molecule has 1 fully saturated rings.